The van der Waals surface area contributed by atoms with Gasteiger partial charge in [0.1, 0.15) is 24.0 Å². The van der Waals surface area contributed by atoms with E-state index in [9.17, 15) is 4.79 Å². The molecular weight excluding hydrogens is 452 g/mol. The van der Waals surface area contributed by atoms with Crippen LogP contribution in [0.25, 0.3) is 16.6 Å². The molecule has 4 aromatic rings. The Morgan fingerprint density at radius 3 is 2.65 bits per heavy atom. The molecule has 0 amide bonds. The van der Waals surface area contributed by atoms with Crippen LogP contribution < -0.4 is 9.47 Å². The van der Waals surface area contributed by atoms with E-state index in [4.69, 9.17) is 18.7 Å². The third-order valence-electron chi connectivity index (χ3n) is 5.09. The van der Waals surface area contributed by atoms with E-state index in [1.165, 1.54) is 17.4 Å². The molecule has 0 N–H and O–H groups in total. The summed E-state index contributed by atoms with van der Waals surface area (Å²) in [6, 6.07) is 15.3. The lowest BCUT2D eigenvalue weighted by molar-refractivity contribution is -0.139. The monoisotopic (exact) mass is 476 g/mol. The Morgan fingerprint density at radius 2 is 1.91 bits per heavy atom. The molecule has 4 rings (SSSR count). The van der Waals surface area contributed by atoms with Crippen LogP contribution in [0.15, 0.2) is 64.5 Å². The first-order valence-corrected chi connectivity index (χ1v) is 11.5. The van der Waals surface area contributed by atoms with Gasteiger partial charge in [-0.15, -0.1) is 11.3 Å². The van der Waals surface area contributed by atoms with Crippen LogP contribution in [0.3, 0.4) is 0 Å². The van der Waals surface area contributed by atoms with Gasteiger partial charge in [0, 0.05) is 17.0 Å². The highest BCUT2D eigenvalue weighted by molar-refractivity contribution is 7.13. The summed E-state index contributed by atoms with van der Waals surface area (Å²) in [5.74, 6) is 1.41. The van der Waals surface area contributed by atoms with Crippen LogP contribution in [0.5, 0.6) is 11.5 Å². The Kier molecular flexibility index (Phi) is 7.39. The number of hydrogen-bond acceptors (Lipinski definition) is 8. The van der Waals surface area contributed by atoms with Gasteiger partial charge in [-0.1, -0.05) is 41.6 Å². The minimum absolute atomic E-state index is 0.115. The van der Waals surface area contributed by atoms with E-state index in [-0.39, 0.29) is 6.61 Å². The molecule has 0 bridgehead atoms. The minimum atomic E-state index is -0.452. The third-order valence-corrected chi connectivity index (χ3v) is 6.03. The van der Waals surface area contributed by atoms with Crippen molar-refractivity contribution in [2.24, 2.45) is 0 Å². The molecule has 0 atom stereocenters. The molecule has 7 nitrogen and oxygen atoms in total. The predicted octanol–water partition coefficient (Wildman–Crippen LogP) is 5.76. The maximum Gasteiger partial charge on any atom is 0.331 e. The number of thiazole rings is 1. The van der Waals surface area contributed by atoms with Crippen molar-refractivity contribution in [3.8, 4) is 22.1 Å². The van der Waals surface area contributed by atoms with Gasteiger partial charge in [-0.05, 0) is 37.6 Å². The largest absolute Gasteiger partial charge is 0.493 e. The number of benzene rings is 2. The summed E-state index contributed by atoms with van der Waals surface area (Å²) in [5, 5.41) is 6.72. The zero-order valence-corrected chi connectivity index (χ0v) is 19.9. The Balaban J connectivity index is 1.33. The Morgan fingerprint density at radius 1 is 1.09 bits per heavy atom. The van der Waals surface area contributed by atoms with E-state index < -0.39 is 5.97 Å². The molecule has 0 radical (unpaired) electrons. The highest BCUT2D eigenvalue weighted by atomic mass is 32.1. The van der Waals surface area contributed by atoms with Gasteiger partial charge in [0.25, 0.3) is 0 Å². The van der Waals surface area contributed by atoms with E-state index >= 15 is 0 Å². The number of carbonyl (C=O) groups excluding carboxylic acids is 1. The molecule has 8 heteroatoms. The van der Waals surface area contributed by atoms with Crippen molar-refractivity contribution in [2.75, 3.05) is 7.11 Å². The van der Waals surface area contributed by atoms with Crippen LogP contribution in [-0.4, -0.2) is 23.2 Å². The summed E-state index contributed by atoms with van der Waals surface area (Å²) in [7, 11) is 1.57. The zero-order valence-electron chi connectivity index (χ0n) is 19.1. The van der Waals surface area contributed by atoms with E-state index in [1.54, 1.807) is 25.3 Å². The minimum Gasteiger partial charge on any atom is -0.493 e. The molecule has 2 heterocycles. The standard InChI is InChI=1S/C26H24N2O5S/c1-17-22(18(2)33-28-17)15-31-23-11-9-19(13-24(23)30-3)10-12-25(29)32-14-21-16-34-26(27-21)20-7-5-4-6-8-20/h4-13,16H,14-15H2,1-3H3/b12-10+. The topological polar surface area (TPSA) is 83.7 Å². The summed E-state index contributed by atoms with van der Waals surface area (Å²) in [4.78, 5) is 16.7. The first-order valence-electron chi connectivity index (χ1n) is 10.6. The van der Waals surface area contributed by atoms with Crippen molar-refractivity contribution in [1.29, 1.82) is 0 Å². The van der Waals surface area contributed by atoms with Crippen molar-refractivity contribution >= 4 is 23.4 Å². The number of ether oxygens (including phenoxy) is 3. The second kappa shape index (κ2) is 10.8. The number of aryl methyl sites for hydroxylation is 2. The maximum atomic E-state index is 12.2. The molecule has 34 heavy (non-hydrogen) atoms. The lowest BCUT2D eigenvalue weighted by Crippen LogP contribution is -2.01. The van der Waals surface area contributed by atoms with Crippen molar-refractivity contribution in [1.82, 2.24) is 10.1 Å². The van der Waals surface area contributed by atoms with Crippen LogP contribution in [0.1, 0.15) is 28.3 Å². The Hall–Kier alpha value is -3.91. The number of rotatable bonds is 9. The number of aromatic nitrogens is 2. The van der Waals surface area contributed by atoms with E-state index in [2.05, 4.69) is 10.1 Å². The fourth-order valence-corrected chi connectivity index (χ4v) is 4.02. The smallest absolute Gasteiger partial charge is 0.331 e. The fraction of sp³-hybridized carbons (Fsp3) is 0.192. The molecule has 2 aromatic heterocycles. The van der Waals surface area contributed by atoms with Crippen LogP contribution >= 0.6 is 11.3 Å². The van der Waals surface area contributed by atoms with Crippen molar-refractivity contribution in [2.45, 2.75) is 27.1 Å². The van der Waals surface area contributed by atoms with Gasteiger partial charge in [0.05, 0.1) is 24.1 Å². The van der Waals surface area contributed by atoms with Crippen LogP contribution in [0, 0.1) is 13.8 Å². The van der Waals surface area contributed by atoms with Gasteiger partial charge in [-0.3, -0.25) is 0 Å². The zero-order chi connectivity index (χ0) is 23.9. The average Bonchev–Trinajstić information content (AvgIpc) is 3.47. The number of methoxy groups -OCH3 is 1. The molecule has 174 valence electrons. The second-order valence-corrected chi connectivity index (χ2v) is 8.31. The summed E-state index contributed by atoms with van der Waals surface area (Å²) in [6.07, 6.45) is 3.04. The molecule has 0 unspecified atom stereocenters. The first-order chi connectivity index (χ1) is 16.5. The molecule has 0 aliphatic heterocycles. The number of esters is 1. The molecule has 0 saturated heterocycles. The molecule has 0 fully saturated rings. The maximum absolute atomic E-state index is 12.2. The van der Waals surface area contributed by atoms with Crippen LogP contribution in [0.2, 0.25) is 0 Å². The number of nitrogens with zero attached hydrogens (tertiary/aromatic N) is 2. The lowest BCUT2D eigenvalue weighted by Gasteiger charge is -2.11. The highest BCUT2D eigenvalue weighted by Gasteiger charge is 2.12. The molecular formula is C26H24N2O5S. The first kappa shape index (κ1) is 23.3. The lowest BCUT2D eigenvalue weighted by atomic mass is 10.2. The fourth-order valence-electron chi connectivity index (χ4n) is 3.21. The summed E-state index contributed by atoms with van der Waals surface area (Å²) in [5.41, 5.74) is 4.23. The van der Waals surface area contributed by atoms with Gasteiger partial charge in [-0.25, -0.2) is 9.78 Å². The van der Waals surface area contributed by atoms with E-state index in [1.807, 2.05) is 55.6 Å². The third kappa shape index (κ3) is 5.71. The molecule has 2 aromatic carbocycles. The quantitative estimate of drug-likeness (QED) is 0.224. The SMILES string of the molecule is COc1cc(/C=C/C(=O)OCc2csc(-c3ccccc3)n2)ccc1OCc1c(C)noc1C. The summed E-state index contributed by atoms with van der Waals surface area (Å²) >= 11 is 1.52. The Bertz CT molecular complexity index is 1270. The summed E-state index contributed by atoms with van der Waals surface area (Å²) in [6.45, 7) is 4.15. The molecule has 0 aliphatic carbocycles. The van der Waals surface area contributed by atoms with Gasteiger partial charge >= 0.3 is 5.97 Å². The summed E-state index contributed by atoms with van der Waals surface area (Å²) < 4.78 is 21.8. The van der Waals surface area contributed by atoms with E-state index in [0.29, 0.717) is 23.8 Å². The second-order valence-electron chi connectivity index (χ2n) is 7.45. The normalized spacial score (nSPS) is 11.0. The van der Waals surface area contributed by atoms with Gasteiger partial charge < -0.3 is 18.7 Å². The van der Waals surface area contributed by atoms with Crippen molar-refractivity contribution in [3.63, 3.8) is 0 Å². The Labute approximate surface area is 201 Å². The van der Waals surface area contributed by atoms with E-state index in [0.717, 1.165) is 33.2 Å². The predicted molar refractivity (Wildman–Crippen MR) is 130 cm³/mol. The van der Waals surface area contributed by atoms with Crippen molar-refractivity contribution < 1.29 is 23.5 Å². The molecule has 0 spiro atoms. The molecule has 0 saturated carbocycles. The number of hydrogen-bond donors (Lipinski definition) is 0. The average molecular weight is 477 g/mol. The van der Waals surface area contributed by atoms with Gasteiger partial charge in [-0.2, -0.15) is 0 Å². The van der Waals surface area contributed by atoms with Crippen LogP contribution in [0.4, 0.5) is 0 Å². The van der Waals surface area contributed by atoms with Gasteiger partial charge in [0.2, 0.25) is 0 Å². The van der Waals surface area contributed by atoms with Crippen LogP contribution in [-0.2, 0) is 22.7 Å². The van der Waals surface area contributed by atoms with Gasteiger partial charge in [0.15, 0.2) is 11.5 Å². The number of carbonyl (C=O) groups is 1. The highest BCUT2D eigenvalue weighted by Crippen LogP contribution is 2.30. The van der Waals surface area contributed by atoms with Crippen molar-refractivity contribution in [3.05, 3.63) is 88.3 Å². The molecule has 0 aliphatic rings.